The summed E-state index contributed by atoms with van der Waals surface area (Å²) in [4.78, 5) is 0. The van der Waals surface area contributed by atoms with E-state index in [1.54, 1.807) is 0 Å². The largest absolute Gasteiger partial charge is 0.392 e. The minimum Gasteiger partial charge on any atom is -0.392 e. The fraction of sp³-hybridized carbons (Fsp3) is 0.308. The summed E-state index contributed by atoms with van der Waals surface area (Å²) in [5.41, 5.74) is 5.27. The fourth-order valence-corrected chi connectivity index (χ4v) is 1.93. The number of aliphatic hydroxyl groups is 1. The van der Waals surface area contributed by atoms with Gasteiger partial charge in [0.05, 0.1) is 18.0 Å². The van der Waals surface area contributed by atoms with Crippen molar-refractivity contribution in [3.63, 3.8) is 0 Å². The van der Waals surface area contributed by atoms with E-state index in [9.17, 15) is 0 Å². The molecule has 2 rings (SSSR count). The molecule has 0 saturated carbocycles. The van der Waals surface area contributed by atoms with E-state index < -0.39 is 0 Å². The van der Waals surface area contributed by atoms with Gasteiger partial charge in [0.2, 0.25) is 0 Å². The van der Waals surface area contributed by atoms with Gasteiger partial charge in [0.25, 0.3) is 0 Å². The van der Waals surface area contributed by atoms with Crippen LogP contribution in [0.25, 0.3) is 5.69 Å². The first-order valence-corrected chi connectivity index (χ1v) is 5.36. The van der Waals surface area contributed by atoms with Crippen LogP contribution in [-0.2, 0) is 6.61 Å². The van der Waals surface area contributed by atoms with Crippen molar-refractivity contribution in [2.75, 3.05) is 0 Å². The molecule has 1 aromatic carbocycles. The second kappa shape index (κ2) is 4.10. The van der Waals surface area contributed by atoms with Crippen LogP contribution in [0.2, 0.25) is 0 Å². The highest BCUT2D eigenvalue weighted by molar-refractivity contribution is 5.43. The van der Waals surface area contributed by atoms with Gasteiger partial charge in [-0.3, -0.25) is 0 Å². The Balaban J connectivity index is 2.52. The van der Waals surface area contributed by atoms with Gasteiger partial charge in [-0.25, -0.2) is 4.68 Å². The zero-order valence-corrected chi connectivity index (χ0v) is 9.86. The van der Waals surface area contributed by atoms with Crippen LogP contribution in [0.15, 0.2) is 24.3 Å². The summed E-state index contributed by atoms with van der Waals surface area (Å²) in [5, 5.41) is 13.5. The second-order valence-corrected chi connectivity index (χ2v) is 4.12. The van der Waals surface area contributed by atoms with E-state index in [1.165, 1.54) is 0 Å². The Bertz CT molecular complexity index is 515. The monoisotopic (exact) mass is 216 g/mol. The average molecular weight is 216 g/mol. The molecule has 0 unspecified atom stereocenters. The van der Waals surface area contributed by atoms with Crippen LogP contribution in [0.5, 0.6) is 0 Å². The maximum Gasteiger partial charge on any atom is 0.0681 e. The Morgan fingerprint density at radius 1 is 1.19 bits per heavy atom. The van der Waals surface area contributed by atoms with Gasteiger partial charge < -0.3 is 5.11 Å². The number of hydrogen-bond acceptors (Lipinski definition) is 2. The molecule has 0 amide bonds. The van der Waals surface area contributed by atoms with Crippen molar-refractivity contribution in [3.8, 4) is 5.69 Å². The molecule has 0 aliphatic heterocycles. The number of nitrogens with zero attached hydrogens (tertiary/aromatic N) is 2. The number of hydrogen-bond donors (Lipinski definition) is 1. The number of benzene rings is 1. The molecule has 16 heavy (non-hydrogen) atoms. The number of rotatable bonds is 2. The van der Waals surface area contributed by atoms with E-state index in [-0.39, 0.29) is 6.61 Å². The third-order valence-electron chi connectivity index (χ3n) is 2.68. The van der Waals surface area contributed by atoms with E-state index >= 15 is 0 Å². The zero-order chi connectivity index (χ0) is 11.7. The summed E-state index contributed by atoms with van der Waals surface area (Å²) >= 11 is 0. The summed E-state index contributed by atoms with van der Waals surface area (Å²) in [6, 6.07) is 7.98. The Morgan fingerprint density at radius 3 is 2.44 bits per heavy atom. The maximum absolute atomic E-state index is 9.06. The third-order valence-corrected chi connectivity index (χ3v) is 2.68. The third kappa shape index (κ3) is 1.86. The lowest BCUT2D eigenvalue weighted by Crippen LogP contribution is -2.02. The molecule has 0 fully saturated rings. The summed E-state index contributed by atoms with van der Waals surface area (Å²) in [5.74, 6) is 0. The van der Waals surface area contributed by atoms with E-state index in [4.69, 9.17) is 5.11 Å². The van der Waals surface area contributed by atoms with Gasteiger partial charge in [0.15, 0.2) is 0 Å². The van der Waals surface area contributed by atoms with Gasteiger partial charge in [0, 0.05) is 5.69 Å². The van der Waals surface area contributed by atoms with Crippen LogP contribution in [0.1, 0.15) is 22.5 Å². The van der Waals surface area contributed by atoms with Crippen molar-refractivity contribution in [2.24, 2.45) is 0 Å². The van der Waals surface area contributed by atoms with Crippen LogP contribution < -0.4 is 0 Å². The van der Waals surface area contributed by atoms with E-state index in [1.807, 2.05) is 43.7 Å². The van der Waals surface area contributed by atoms with E-state index in [0.717, 1.165) is 28.2 Å². The predicted molar refractivity (Wildman–Crippen MR) is 63.7 cm³/mol. The van der Waals surface area contributed by atoms with Gasteiger partial charge in [-0.15, -0.1) is 0 Å². The van der Waals surface area contributed by atoms with E-state index in [2.05, 4.69) is 11.2 Å². The van der Waals surface area contributed by atoms with E-state index in [0.29, 0.717) is 0 Å². The molecular weight excluding hydrogens is 200 g/mol. The quantitative estimate of drug-likeness (QED) is 0.836. The van der Waals surface area contributed by atoms with Crippen LogP contribution in [0.3, 0.4) is 0 Å². The smallest absolute Gasteiger partial charge is 0.0681 e. The molecular formula is C13H16N2O. The second-order valence-electron chi connectivity index (χ2n) is 4.12. The number of aliphatic hydroxyl groups excluding tert-OH is 1. The summed E-state index contributed by atoms with van der Waals surface area (Å²) in [7, 11) is 0. The first-order chi connectivity index (χ1) is 7.61. The Kier molecular flexibility index (Phi) is 2.79. The zero-order valence-electron chi connectivity index (χ0n) is 9.86. The minimum absolute atomic E-state index is 0.0816. The average Bonchev–Trinajstić information content (AvgIpc) is 2.57. The van der Waals surface area contributed by atoms with Crippen LogP contribution in [0, 0.1) is 20.8 Å². The lowest BCUT2D eigenvalue weighted by Gasteiger charge is -2.09. The number of aromatic nitrogens is 2. The molecule has 0 radical (unpaired) electrons. The molecule has 3 heteroatoms. The van der Waals surface area contributed by atoms with Gasteiger partial charge >= 0.3 is 0 Å². The Morgan fingerprint density at radius 2 is 1.94 bits per heavy atom. The van der Waals surface area contributed by atoms with Crippen LogP contribution in [0.4, 0.5) is 0 Å². The normalized spacial score (nSPS) is 10.8. The molecule has 1 N–H and O–H groups in total. The molecule has 1 aromatic heterocycles. The summed E-state index contributed by atoms with van der Waals surface area (Å²) in [6.45, 7) is 6.14. The predicted octanol–water partition coefficient (Wildman–Crippen LogP) is 2.29. The van der Waals surface area contributed by atoms with Crippen molar-refractivity contribution in [2.45, 2.75) is 27.4 Å². The fourth-order valence-electron chi connectivity index (χ4n) is 1.93. The molecule has 1 heterocycles. The maximum atomic E-state index is 9.06. The summed E-state index contributed by atoms with van der Waals surface area (Å²) in [6.07, 6.45) is 0. The molecule has 0 atom stereocenters. The standard InChI is InChI=1S/C13H16N2O/c1-9-6-12(8-16)4-5-13(9)15-11(3)7-10(2)14-15/h4-7,16H,8H2,1-3H3. The van der Waals surface area contributed by atoms with Crippen molar-refractivity contribution in [1.82, 2.24) is 9.78 Å². The SMILES string of the molecule is Cc1cc(C)n(-c2ccc(CO)cc2C)n1. The topological polar surface area (TPSA) is 38.0 Å². The first-order valence-electron chi connectivity index (χ1n) is 5.36. The first kappa shape index (κ1) is 10.9. The van der Waals surface area contributed by atoms with Crippen molar-refractivity contribution in [3.05, 3.63) is 46.8 Å². The molecule has 0 aliphatic carbocycles. The minimum atomic E-state index is 0.0816. The molecule has 0 aliphatic rings. The lowest BCUT2D eigenvalue weighted by molar-refractivity contribution is 0.282. The number of aryl methyl sites for hydroxylation is 3. The highest BCUT2D eigenvalue weighted by atomic mass is 16.3. The van der Waals surface area contributed by atoms with Crippen LogP contribution in [-0.4, -0.2) is 14.9 Å². The van der Waals surface area contributed by atoms with Gasteiger partial charge in [-0.05, 0) is 44.0 Å². The molecule has 2 aromatic rings. The van der Waals surface area contributed by atoms with Crippen molar-refractivity contribution >= 4 is 0 Å². The van der Waals surface area contributed by atoms with Gasteiger partial charge in [0.1, 0.15) is 0 Å². The van der Waals surface area contributed by atoms with Gasteiger partial charge in [-0.1, -0.05) is 12.1 Å². The van der Waals surface area contributed by atoms with Crippen molar-refractivity contribution in [1.29, 1.82) is 0 Å². The molecule has 3 nitrogen and oxygen atoms in total. The molecule has 0 bridgehead atoms. The Hall–Kier alpha value is -1.61. The summed E-state index contributed by atoms with van der Waals surface area (Å²) < 4.78 is 1.94. The molecule has 84 valence electrons. The van der Waals surface area contributed by atoms with Crippen molar-refractivity contribution < 1.29 is 5.11 Å². The highest BCUT2D eigenvalue weighted by Gasteiger charge is 2.06. The van der Waals surface area contributed by atoms with Gasteiger partial charge in [-0.2, -0.15) is 5.10 Å². The lowest BCUT2D eigenvalue weighted by atomic mass is 10.1. The Labute approximate surface area is 95.3 Å². The molecule has 0 spiro atoms. The molecule has 0 saturated heterocycles. The highest BCUT2D eigenvalue weighted by Crippen LogP contribution is 2.17. The van der Waals surface area contributed by atoms with Crippen LogP contribution >= 0.6 is 0 Å².